The Kier molecular flexibility index (Phi) is 5.09. The Morgan fingerprint density at radius 3 is 2.05 bits per heavy atom. The minimum absolute atomic E-state index is 0.321. The molecule has 0 spiro atoms. The second-order valence-corrected chi connectivity index (χ2v) is 6.21. The van der Waals surface area contributed by atoms with Crippen molar-refractivity contribution in [1.29, 1.82) is 0 Å². The number of hydrogen-bond donors (Lipinski definition) is 1. The lowest BCUT2D eigenvalue weighted by Gasteiger charge is -2.42. The van der Waals surface area contributed by atoms with Crippen molar-refractivity contribution in [3.8, 4) is 0 Å². The molecule has 20 heavy (non-hydrogen) atoms. The summed E-state index contributed by atoms with van der Waals surface area (Å²) in [4.78, 5) is 2.49. The SMILES string of the molecule is CCC(O)c1ccc(N2CCC(CC)(CC)CC2)cc1. The zero-order valence-electron chi connectivity index (χ0n) is 13.2. The highest BCUT2D eigenvalue weighted by Gasteiger charge is 2.31. The van der Waals surface area contributed by atoms with E-state index >= 15 is 0 Å². The van der Waals surface area contributed by atoms with E-state index in [-0.39, 0.29) is 6.10 Å². The third-order valence-electron chi connectivity index (χ3n) is 5.35. The number of aliphatic hydroxyl groups is 1. The lowest BCUT2D eigenvalue weighted by molar-refractivity contribution is 0.173. The van der Waals surface area contributed by atoms with E-state index < -0.39 is 0 Å². The maximum atomic E-state index is 9.85. The molecule has 1 aliphatic rings. The maximum absolute atomic E-state index is 9.85. The summed E-state index contributed by atoms with van der Waals surface area (Å²) in [6.45, 7) is 9.01. The lowest BCUT2D eigenvalue weighted by atomic mass is 9.74. The van der Waals surface area contributed by atoms with E-state index in [1.807, 2.05) is 6.92 Å². The molecule has 112 valence electrons. The molecule has 2 heteroatoms. The zero-order valence-corrected chi connectivity index (χ0v) is 13.2. The van der Waals surface area contributed by atoms with Crippen molar-refractivity contribution in [1.82, 2.24) is 0 Å². The fourth-order valence-electron chi connectivity index (χ4n) is 3.34. The summed E-state index contributed by atoms with van der Waals surface area (Å²) < 4.78 is 0. The topological polar surface area (TPSA) is 23.5 Å². The molecule has 1 aromatic rings. The van der Waals surface area contributed by atoms with E-state index in [1.54, 1.807) is 0 Å². The van der Waals surface area contributed by atoms with Crippen LogP contribution in [-0.4, -0.2) is 18.2 Å². The van der Waals surface area contributed by atoms with Crippen LogP contribution in [0.25, 0.3) is 0 Å². The molecule has 1 heterocycles. The third-order valence-corrected chi connectivity index (χ3v) is 5.35. The Morgan fingerprint density at radius 2 is 1.60 bits per heavy atom. The van der Waals surface area contributed by atoms with Gasteiger partial charge in [-0.2, -0.15) is 0 Å². The quantitative estimate of drug-likeness (QED) is 0.853. The molecule has 0 amide bonds. The van der Waals surface area contributed by atoms with E-state index in [0.29, 0.717) is 5.41 Å². The number of nitrogens with zero attached hydrogens (tertiary/aromatic N) is 1. The van der Waals surface area contributed by atoms with Crippen molar-refractivity contribution < 1.29 is 5.11 Å². The summed E-state index contributed by atoms with van der Waals surface area (Å²) in [5.41, 5.74) is 2.91. The van der Waals surface area contributed by atoms with Crippen LogP contribution < -0.4 is 4.90 Å². The second kappa shape index (κ2) is 6.62. The molecule has 1 saturated heterocycles. The van der Waals surface area contributed by atoms with Crippen molar-refractivity contribution in [2.24, 2.45) is 5.41 Å². The van der Waals surface area contributed by atoms with Crippen molar-refractivity contribution in [3.63, 3.8) is 0 Å². The van der Waals surface area contributed by atoms with Gasteiger partial charge in [-0.05, 0) is 42.4 Å². The first kappa shape index (κ1) is 15.4. The largest absolute Gasteiger partial charge is 0.388 e. The van der Waals surface area contributed by atoms with Crippen LogP contribution in [0.4, 0.5) is 5.69 Å². The molecular weight excluding hydrogens is 246 g/mol. The van der Waals surface area contributed by atoms with Gasteiger partial charge in [-0.25, -0.2) is 0 Å². The predicted octanol–water partition coefficient (Wildman–Crippen LogP) is 4.54. The number of rotatable bonds is 5. The van der Waals surface area contributed by atoms with Crippen LogP contribution in [0.1, 0.15) is 64.5 Å². The fourth-order valence-corrected chi connectivity index (χ4v) is 3.34. The zero-order chi connectivity index (χ0) is 14.6. The molecule has 1 aliphatic heterocycles. The first-order chi connectivity index (χ1) is 9.64. The summed E-state index contributed by atoms with van der Waals surface area (Å²) in [6.07, 6.45) is 5.67. The fraction of sp³-hybridized carbons (Fsp3) is 0.667. The summed E-state index contributed by atoms with van der Waals surface area (Å²) in [6, 6.07) is 8.48. The van der Waals surface area contributed by atoms with Crippen LogP contribution in [0, 0.1) is 5.41 Å². The molecule has 2 rings (SSSR count). The van der Waals surface area contributed by atoms with Gasteiger partial charge < -0.3 is 10.0 Å². The summed E-state index contributed by atoms with van der Waals surface area (Å²) >= 11 is 0. The van der Waals surface area contributed by atoms with E-state index in [0.717, 1.165) is 25.1 Å². The van der Waals surface area contributed by atoms with Crippen LogP contribution in [0.5, 0.6) is 0 Å². The summed E-state index contributed by atoms with van der Waals surface area (Å²) in [7, 11) is 0. The van der Waals surface area contributed by atoms with Gasteiger partial charge in [0, 0.05) is 18.8 Å². The monoisotopic (exact) mass is 275 g/mol. The molecule has 2 nitrogen and oxygen atoms in total. The Morgan fingerprint density at radius 1 is 1.05 bits per heavy atom. The van der Waals surface area contributed by atoms with E-state index in [2.05, 4.69) is 43.0 Å². The number of hydrogen-bond acceptors (Lipinski definition) is 2. The first-order valence-electron chi connectivity index (χ1n) is 8.17. The third kappa shape index (κ3) is 3.17. The molecule has 0 saturated carbocycles. The van der Waals surface area contributed by atoms with Gasteiger partial charge >= 0.3 is 0 Å². The van der Waals surface area contributed by atoms with Gasteiger partial charge in [0.25, 0.3) is 0 Å². The Labute approximate surface area is 123 Å². The molecule has 0 radical (unpaired) electrons. The van der Waals surface area contributed by atoms with Gasteiger partial charge in [-0.3, -0.25) is 0 Å². The van der Waals surface area contributed by atoms with Crippen LogP contribution in [0.15, 0.2) is 24.3 Å². The smallest absolute Gasteiger partial charge is 0.0787 e. The van der Waals surface area contributed by atoms with Gasteiger partial charge in [0.15, 0.2) is 0 Å². The van der Waals surface area contributed by atoms with Gasteiger partial charge in [-0.15, -0.1) is 0 Å². The molecule has 1 aromatic carbocycles. The lowest BCUT2D eigenvalue weighted by Crippen LogP contribution is -2.39. The normalized spacial score (nSPS) is 19.9. The van der Waals surface area contributed by atoms with E-state index in [1.165, 1.54) is 31.4 Å². The van der Waals surface area contributed by atoms with Gasteiger partial charge in [0.2, 0.25) is 0 Å². The van der Waals surface area contributed by atoms with Crippen molar-refractivity contribution in [3.05, 3.63) is 29.8 Å². The van der Waals surface area contributed by atoms with Gasteiger partial charge in [0.1, 0.15) is 0 Å². The van der Waals surface area contributed by atoms with E-state index in [4.69, 9.17) is 0 Å². The first-order valence-corrected chi connectivity index (χ1v) is 8.17. The Bertz CT molecular complexity index is 398. The van der Waals surface area contributed by atoms with E-state index in [9.17, 15) is 5.11 Å². The highest BCUT2D eigenvalue weighted by atomic mass is 16.3. The average molecular weight is 275 g/mol. The minimum Gasteiger partial charge on any atom is -0.388 e. The summed E-state index contributed by atoms with van der Waals surface area (Å²) in [5, 5.41) is 9.85. The van der Waals surface area contributed by atoms with Gasteiger partial charge in [0.05, 0.1) is 6.10 Å². The maximum Gasteiger partial charge on any atom is 0.0787 e. The van der Waals surface area contributed by atoms with Crippen LogP contribution in [0.2, 0.25) is 0 Å². The number of anilines is 1. The number of piperidine rings is 1. The standard InChI is InChI=1S/C18H29NO/c1-4-17(20)15-7-9-16(10-8-15)19-13-11-18(5-2,6-3)12-14-19/h7-10,17,20H,4-6,11-14H2,1-3H3. The number of aliphatic hydroxyl groups excluding tert-OH is 1. The molecule has 0 bridgehead atoms. The Balaban J connectivity index is 2.00. The molecular formula is C18H29NO. The Hall–Kier alpha value is -1.02. The highest BCUT2D eigenvalue weighted by molar-refractivity contribution is 5.48. The summed E-state index contributed by atoms with van der Waals surface area (Å²) in [5.74, 6) is 0. The van der Waals surface area contributed by atoms with Crippen molar-refractivity contribution >= 4 is 5.69 Å². The van der Waals surface area contributed by atoms with Crippen LogP contribution in [0.3, 0.4) is 0 Å². The highest BCUT2D eigenvalue weighted by Crippen LogP contribution is 2.39. The van der Waals surface area contributed by atoms with Crippen molar-refractivity contribution in [2.45, 2.75) is 59.0 Å². The molecule has 0 aromatic heterocycles. The minimum atomic E-state index is -0.321. The molecule has 1 unspecified atom stereocenters. The second-order valence-electron chi connectivity index (χ2n) is 6.21. The average Bonchev–Trinajstić information content (AvgIpc) is 2.54. The van der Waals surface area contributed by atoms with Crippen LogP contribution in [-0.2, 0) is 0 Å². The van der Waals surface area contributed by atoms with Crippen molar-refractivity contribution in [2.75, 3.05) is 18.0 Å². The molecule has 0 aliphatic carbocycles. The molecule has 1 N–H and O–H groups in total. The number of benzene rings is 1. The molecule has 1 fully saturated rings. The van der Waals surface area contributed by atoms with Crippen LogP contribution >= 0.6 is 0 Å². The van der Waals surface area contributed by atoms with Gasteiger partial charge in [-0.1, -0.05) is 45.7 Å². The predicted molar refractivity (Wildman–Crippen MR) is 86.2 cm³/mol. The molecule has 1 atom stereocenters.